The zero-order chi connectivity index (χ0) is 14.2. The molecule has 0 saturated heterocycles. The third-order valence-electron chi connectivity index (χ3n) is 4.46. The van der Waals surface area contributed by atoms with E-state index in [1.165, 1.54) is 22.3 Å². The molecule has 0 aliphatic carbocycles. The minimum atomic E-state index is 0.191. The minimum Gasteiger partial charge on any atom is -0.354 e. The van der Waals surface area contributed by atoms with Gasteiger partial charge < -0.3 is 4.74 Å². The van der Waals surface area contributed by atoms with Gasteiger partial charge in [-0.2, -0.15) is 5.06 Å². The Bertz CT molecular complexity index is 644. The summed E-state index contributed by atoms with van der Waals surface area (Å²) in [5.41, 5.74) is 5.54. The van der Waals surface area contributed by atoms with E-state index in [1.807, 2.05) is 6.92 Å². The SMILES string of the molecule is CCOCON1C2Cc3ccccc3C1c1ccccc12. The van der Waals surface area contributed by atoms with Crippen LogP contribution in [0.5, 0.6) is 0 Å². The van der Waals surface area contributed by atoms with Crippen LogP contribution in [0.15, 0.2) is 48.5 Å². The van der Waals surface area contributed by atoms with E-state index in [-0.39, 0.29) is 6.04 Å². The highest BCUT2D eigenvalue weighted by atomic mass is 16.8. The Morgan fingerprint density at radius 1 is 1.00 bits per heavy atom. The first kappa shape index (κ1) is 13.0. The van der Waals surface area contributed by atoms with Crippen molar-refractivity contribution in [1.82, 2.24) is 5.06 Å². The second-order valence-electron chi connectivity index (χ2n) is 5.55. The molecule has 3 nitrogen and oxygen atoms in total. The lowest BCUT2D eigenvalue weighted by Gasteiger charge is -2.35. The molecular formula is C18H19NO2. The van der Waals surface area contributed by atoms with Crippen LogP contribution in [-0.2, 0) is 16.0 Å². The van der Waals surface area contributed by atoms with Gasteiger partial charge in [-0.15, -0.1) is 0 Å². The van der Waals surface area contributed by atoms with Crippen LogP contribution < -0.4 is 0 Å². The standard InChI is InChI=1S/C18H19NO2/c1-2-20-12-21-19-17-11-13-7-3-4-8-14(13)18(19)16-10-6-5-9-15(16)17/h3-10,17-18H,2,11-12H2,1H3. The van der Waals surface area contributed by atoms with E-state index in [2.05, 4.69) is 53.6 Å². The van der Waals surface area contributed by atoms with Gasteiger partial charge in [0, 0.05) is 6.61 Å². The fourth-order valence-electron chi connectivity index (χ4n) is 3.56. The first-order valence-electron chi connectivity index (χ1n) is 7.55. The molecule has 2 unspecified atom stereocenters. The largest absolute Gasteiger partial charge is 0.354 e. The van der Waals surface area contributed by atoms with Gasteiger partial charge in [0.25, 0.3) is 0 Å². The van der Waals surface area contributed by atoms with E-state index in [4.69, 9.17) is 9.57 Å². The van der Waals surface area contributed by atoms with Crippen LogP contribution in [0, 0.1) is 0 Å². The van der Waals surface area contributed by atoms with Crippen LogP contribution in [0.4, 0.5) is 0 Å². The van der Waals surface area contributed by atoms with Crippen LogP contribution in [0.1, 0.15) is 41.3 Å². The number of nitrogens with zero attached hydrogens (tertiary/aromatic N) is 1. The van der Waals surface area contributed by atoms with Gasteiger partial charge in [-0.05, 0) is 35.6 Å². The Hall–Kier alpha value is -1.68. The van der Waals surface area contributed by atoms with E-state index in [0.29, 0.717) is 19.4 Å². The first-order chi connectivity index (χ1) is 10.4. The summed E-state index contributed by atoms with van der Waals surface area (Å²) in [7, 11) is 0. The molecule has 2 aromatic carbocycles. The van der Waals surface area contributed by atoms with Gasteiger partial charge in [0.05, 0.1) is 12.1 Å². The number of hydrogen-bond acceptors (Lipinski definition) is 3. The zero-order valence-corrected chi connectivity index (χ0v) is 12.2. The molecule has 2 bridgehead atoms. The lowest BCUT2D eigenvalue weighted by molar-refractivity contribution is -0.256. The third kappa shape index (κ3) is 2.01. The molecule has 2 aliphatic heterocycles. The smallest absolute Gasteiger partial charge is 0.167 e. The van der Waals surface area contributed by atoms with Gasteiger partial charge in [-0.25, -0.2) is 0 Å². The molecule has 21 heavy (non-hydrogen) atoms. The van der Waals surface area contributed by atoms with Crippen molar-refractivity contribution in [1.29, 1.82) is 0 Å². The average Bonchev–Trinajstić information content (AvgIpc) is 2.75. The van der Waals surface area contributed by atoms with Crippen molar-refractivity contribution in [3.05, 3.63) is 70.8 Å². The predicted molar refractivity (Wildman–Crippen MR) is 80.6 cm³/mol. The molecule has 2 aromatic rings. The number of rotatable bonds is 4. The lowest BCUT2D eigenvalue weighted by atomic mass is 9.93. The molecule has 0 radical (unpaired) electrons. The van der Waals surface area contributed by atoms with E-state index in [1.54, 1.807) is 0 Å². The van der Waals surface area contributed by atoms with Gasteiger partial charge in [0.2, 0.25) is 0 Å². The molecule has 2 heterocycles. The molecule has 0 aromatic heterocycles. The molecule has 2 atom stereocenters. The summed E-state index contributed by atoms with van der Waals surface area (Å²) in [6, 6.07) is 17.9. The third-order valence-corrected chi connectivity index (χ3v) is 4.46. The van der Waals surface area contributed by atoms with Crippen LogP contribution in [0.25, 0.3) is 0 Å². The average molecular weight is 281 g/mol. The summed E-state index contributed by atoms with van der Waals surface area (Å²) in [5, 5.41) is 2.13. The summed E-state index contributed by atoms with van der Waals surface area (Å²) in [5.74, 6) is 0. The second-order valence-corrected chi connectivity index (χ2v) is 5.55. The van der Waals surface area contributed by atoms with Crippen LogP contribution in [0.3, 0.4) is 0 Å². The highest BCUT2D eigenvalue weighted by molar-refractivity contribution is 5.49. The van der Waals surface area contributed by atoms with Crippen LogP contribution >= 0.6 is 0 Å². The minimum absolute atomic E-state index is 0.191. The number of hydrogen-bond donors (Lipinski definition) is 0. The summed E-state index contributed by atoms with van der Waals surface area (Å²) in [4.78, 5) is 5.96. The lowest BCUT2D eigenvalue weighted by Crippen LogP contribution is -2.33. The zero-order valence-electron chi connectivity index (χ0n) is 12.2. The molecule has 0 amide bonds. The number of ether oxygens (including phenoxy) is 1. The van der Waals surface area contributed by atoms with Crippen molar-refractivity contribution < 1.29 is 9.57 Å². The van der Waals surface area contributed by atoms with E-state index in [0.717, 1.165) is 6.42 Å². The predicted octanol–water partition coefficient (Wildman–Crippen LogP) is 3.61. The van der Waals surface area contributed by atoms with Gasteiger partial charge >= 0.3 is 0 Å². The van der Waals surface area contributed by atoms with E-state index in [9.17, 15) is 0 Å². The number of fused-ring (bicyclic) bond motifs is 7. The highest BCUT2D eigenvalue weighted by Crippen LogP contribution is 2.51. The van der Waals surface area contributed by atoms with Crippen molar-refractivity contribution in [2.75, 3.05) is 13.4 Å². The fraction of sp³-hybridized carbons (Fsp3) is 0.333. The number of hydroxylamine groups is 2. The van der Waals surface area contributed by atoms with Crippen molar-refractivity contribution >= 4 is 0 Å². The number of benzene rings is 2. The second kappa shape index (κ2) is 5.26. The molecule has 0 saturated carbocycles. The molecule has 0 fully saturated rings. The van der Waals surface area contributed by atoms with Gasteiger partial charge in [-0.3, -0.25) is 4.84 Å². The summed E-state index contributed by atoms with van der Waals surface area (Å²) in [6.45, 7) is 2.98. The summed E-state index contributed by atoms with van der Waals surface area (Å²) in [6.07, 6.45) is 0.996. The van der Waals surface area contributed by atoms with Gasteiger partial charge in [0.1, 0.15) is 0 Å². The monoisotopic (exact) mass is 281 g/mol. The van der Waals surface area contributed by atoms with Gasteiger partial charge in [0.15, 0.2) is 6.79 Å². The molecule has 3 heteroatoms. The molecule has 0 spiro atoms. The van der Waals surface area contributed by atoms with E-state index < -0.39 is 0 Å². The summed E-state index contributed by atoms with van der Waals surface area (Å²) >= 11 is 0. The Labute approximate surface area is 125 Å². The van der Waals surface area contributed by atoms with Crippen molar-refractivity contribution in [2.45, 2.75) is 25.4 Å². The molecule has 2 aliphatic rings. The molecule has 0 N–H and O–H groups in total. The maximum absolute atomic E-state index is 5.96. The van der Waals surface area contributed by atoms with Crippen molar-refractivity contribution in [3.63, 3.8) is 0 Å². The van der Waals surface area contributed by atoms with Gasteiger partial charge in [-0.1, -0.05) is 48.5 Å². The molecular weight excluding hydrogens is 262 g/mol. The van der Waals surface area contributed by atoms with Crippen molar-refractivity contribution in [3.8, 4) is 0 Å². The Morgan fingerprint density at radius 2 is 1.71 bits per heavy atom. The Kier molecular flexibility index (Phi) is 3.26. The first-order valence-corrected chi connectivity index (χ1v) is 7.55. The Morgan fingerprint density at radius 3 is 2.52 bits per heavy atom. The van der Waals surface area contributed by atoms with Crippen molar-refractivity contribution in [2.24, 2.45) is 0 Å². The maximum atomic E-state index is 5.96. The highest BCUT2D eigenvalue weighted by Gasteiger charge is 2.44. The van der Waals surface area contributed by atoms with E-state index >= 15 is 0 Å². The van der Waals surface area contributed by atoms with Crippen LogP contribution in [0.2, 0.25) is 0 Å². The fourth-order valence-corrected chi connectivity index (χ4v) is 3.56. The van der Waals surface area contributed by atoms with Crippen LogP contribution in [-0.4, -0.2) is 18.5 Å². The quantitative estimate of drug-likeness (QED) is 0.631. The molecule has 4 rings (SSSR count). The topological polar surface area (TPSA) is 21.7 Å². The summed E-state index contributed by atoms with van der Waals surface area (Å²) < 4.78 is 5.38. The molecule has 108 valence electrons. The Balaban J connectivity index is 1.76. The maximum Gasteiger partial charge on any atom is 0.167 e. The normalized spacial score (nSPS) is 22.9.